The Balaban J connectivity index is 1.33. The van der Waals surface area contributed by atoms with Gasteiger partial charge in [-0.3, -0.25) is 13.9 Å². The van der Waals surface area contributed by atoms with Gasteiger partial charge in [0, 0.05) is 12.4 Å². The highest BCUT2D eigenvalue weighted by molar-refractivity contribution is 7.52. The summed E-state index contributed by atoms with van der Waals surface area (Å²) < 4.78 is 55.2. The molecule has 0 bridgehead atoms. The van der Waals surface area contributed by atoms with E-state index >= 15 is 4.39 Å². The molecule has 2 fully saturated rings. The van der Waals surface area contributed by atoms with Gasteiger partial charge in [0.2, 0.25) is 5.95 Å². The van der Waals surface area contributed by atoms with Crippen molar-refractivity contribution in [3.63, 3.8) is 0 Å². The first-order chi connectivity index (χ1) is 21.4. The maximum atomic E-state index is 16.3. The average Bonchev–Trinajstić information content (AvgIpc) is 3.23. The van der Waals surface area contributed by atoms with Crippen LogP contribution in [0.25, 0.3) is 21.9 Å². The summed E-state index contributed by atoms with van der Waals surface area (Å²) in [5.41, 5.74) is 2.05. The number of halogens is 2. The van der Waals surface area contributed by atoms with Gasteiger partial charge in [-0.05, 0) is 32.2 Å². The number of nitrogens with zero attached hydrogens (tertiary/aromatic N) is 4. The molecule has 6 rings (SSSR count). The number of hydrogen-bond donors (Lipinski definition) is 4. The zero-order chi connectivity index (χ0) is 32.3. The number of anilines is 2. The van der Waals surface area contributed by atoms with Gasteiger partial charge in [0.15, 0.2) is 35.0 Å². The number of ether oxygens (including phenoxy) is 2. The smallest absolute Gasteiger partial charge is 0.459 e. The molecule has 2 aromatic heterocycles. The Morgan fingerprint density at radius 3 is 2.67 bits per heavy atom. The first-order valence-corrected chi connectivity index (χ1v) is 16.2. The summed E-state index contributed by atoms with van der Waals surface area (Å²) in [6.07, 6.45) is -4.37. The number of benzene rings is 2. The van der Waals surface area contributed by atoms with E-state index in [1.807, 2.05) is 18.2 Å². The van der Waals surface area contributed by atoms with E-state index in [0.717, 1.165) is 5.39 Å². The summed E-state index contributed by atoms with van der Waals surface area (Å²) >= 11 is 6.30. The lowest BCUT2D eigenvalue weighted by Crippen LogP contribution is -2.38. The van der Waals surface area contributed by atoms with Gasteiger partial charge in [-0.2, -0.15) is 15.1 Å². The summed E-state index contributed by atoms with van der Waals surface area (Å²) in [6, 6.07) is 11.1. The van der Waals surface area contributed by atoms with Crippen molar-refractivity contribution >= 4 is 59.0 Å². The van der Waals surface area contributed by atoms with Crippen LogP contribution in [0, 0.1) is 0 Å². The minimum atomic E-state index is -4.59. The molecule has 0 spiro atoms. The maximum absolute atomic E-state index is 16.3. The number of nitrogen functional groups attached to an aromatic ring is 1. The molecule has 2 aliphatic rings. The molecule has 1 aliphatic heterocycles. The SMILES string of the molecule is CNc1nc(N)nc2c1ncn2[C@@H]1O[C@]2(CCl)C(O[P@@](=O)(N[C@H](C)C(=O)OC(C)C)Oc3cccc4ccccc34)[C@]2(O)[C@H]1F. The third kappa shape index (κ3) is 5.07. The van der Waals surface area contributed by atoms with E-state index in [-0.39, 0.29) is 17.3 Å². The van der Waals surface area contributed by atoms with Gasteiger partial charge in [0.1, 0.15) is 23.5 Å². The zero-order valence-electron chi connectivity index (χ0n) is 24.7. The molecule has 240 valence electrons. The number of fused-ring (bicyclic) bond motifs is 3. The highest BCUT2D eigenvalue weighted by Gasteiger charge is 2.90. The van der Waals surface area contributed by atoms with Crippen LogP contribution in [0.5, 0.6) is 5.75 Å². The normalized spacial score (nSPS) is 27.7. The highest BCUT2D eigenvalue weighted by Crippen LogP contribution is 2.69. The second-order valence-corrected chi connectivity index (χ2v) is 13.1. The van der Waals surface area contributed by atoms with Gasteiger partial charge in [-0.1, -0.05) is 36.4 Å². The van der Waals surface area contributed by atoms with Crippen LogP contribution in [0.3, 0.4) is 0 Å². The molecule has 1 saturated carbocycles. The fourth-order valence-electron chi connectivity index (χ4n) is 5.62. The van der Waals surface area contributed by atoms with Crippen LogP contribution in [0.2, 0.25) is 0 Å². The van der Waals surface area contributed by atoms with E-state index < -0.39 is 61.4 Å². The summed E-state index contributed by atoms with van der Waals surface area (Å²) in [6.45, 7) is 4.74. The standard InChI is InChI=1S/C28H32ClFN7O7P/c1-14(2)41-24(38)15(3)36-45(40,43-18-11-7-9-16-8-5-6-10-17(16)18)44-25-27(12-29)28(25,39)20(30)23(42-27)37-13-33-19-21(32-4)34-26(31)35-22(19)37/h5-11,13-15,20,23,25,39H,12H2,1-4H3,(H,36,40)(H3,31,32,34,35)/t15-,20+,23-,25?,27-,28-,45-/m1/s1. The predicted octanol–water partition coefficient (Wildman–Crippen LogP) is 3.69. The summed E-state index contributed by atoms with van der Waals surface area (Å²) in [5.74, 6) is -0.808. The number of carbonyl (C=O) groups excluding carboxylic acids is 1. The number of esters is 1. The van der Waals surface area contributed by atoms with E-state index in [4.69, 9.17) is 35.9 Å². The van der Waals surface area contributed by atoms with Gasteiger partial charge in [0.25, 0.3) is 0 Å². The van der Waals surface area contributed by atoms with Crippen LogP contribution in [-0.2, 0) is 23.4 Å². The molecule has 5 N–H and O–H groups in total. The molecule has 45 heavy (non-hydrogen) atoms. The van der Waals surface area contributed by atoms with Gasteiger partial charge < -0.3 is 30.2 Å². The van der Waals surface area contributed by atoms with Crippen molar-refractivity contribution < 1.29 is 37.4 Å². The molecule has 0 amide bonds. The van der Waals surface area contributed by atoms with Gasteiger partial charge in [0.05, 0.1) is 18.3 Å². The van der Waals surface area contributed by atoms with Crippen LogP contribution < -0.4 is 20.7 Å². The number of carbonyl (C=O) groups is 1. The lowest BCUT2D eigenvalue weighted by Gasteiger charge is -2.27. The Hall–Kier alpha value is -3.59. The molecule has 1 unspecified atom stereocenters. The maximum Gasteiger partial charge on any atom is 0.459 e. The van der Waals surface area contributed by atoms with Crippen molar-refractivity contribution in [3.8, 4) is 5.75 Å². The quantitative estimate of drug-likeness (QED) is 0.104. The van der Waals surface area contributed by atoms with Crippen LogP contribution >= 0.6 is 19.3 Å². The number of imidazole rings is 1. The number of aliphatic hydroxyl groups is 1. The monoisotopic (exact) mass is 663 g/mol. The van der Waals surface area contributed by atoms with Crippen molar-refractivity contribution in [2.24, 2.45) is 0 Å². The molecule has 2 aromatic carbocycles. The number of nitrogens with one attached hydrogen (secondary N) is 2. The fraction of sp³-hybridized carbons (Fsp3) is 0.429. The molecule has 17 heteroatoms. The average molecular weight is 664 g/mol. The van der Waals surface area contributed by atoms with Crippen LogP contribution in [0.15, 0.2) is 48.8 Å². The van der Waals surface area contributed by atoms with Crippen molar-refractivity contribution in [2.45, 2.75) is 62.6 Å². The van der Waals surface area contributed by atoms with E-state index in [9.17, 15) is 14.5 Å². The lowest BCUT2D eigenvalue weighted by atomic mass is 10.1. The topological polar surface area (TPSA) is 185 Å². The van der Waals surface area contributed by atoms with Crippen molar-refractivity contribution in [1.82, 2.24) is 24.6 Å². The van der Waals surface area contributed by atoms with E-state index in [0.29, 0.717) is 16.7 Å². The Kier molecular flexibility index (Phi) is 7.91. The first kappa shape index (κ1) is 31.4. The second-order valence-electron chi connectivity index (χ2n) is 11.2. The third-order valence-electron chi connectivity index (χ3n) is 7.84. The Bertz CT molecular complexity index is 1820. The Morgan fingerprint density at radius 1 is 1.24 bits per heavy atom. The summed E-state index contributed by atoms with van der Waals surface area (Å²) in [4.78, 5) is 25.2. The van der Waals surface area contributed by atoms with E-state index in [1.165, 1.54) is 17.8 Å². The number of nitrogens with two attached hydrogens (primary N) is 1. The minimum absolute atomic E-state index is 0.0955. The molecule has 0 radical (unpaired) electrons. The van der Waals surface area contributed by atoms with E-state index in [2.05, 4.69) is 25.4 Å². The van der Waals surface area contributed by atoms with Crippen molar-refractivity contribution in [3.05, 3.63) is 48.8 Å². The Labute approximate surface area is 261 Å². The summed E-state index contributed by atoms with van der Waals surface area (Å²) in [7, 11) is -2.97. The predicted molar refractivity (Wildman–Crippen MR) is 164 cm³/mol. The number of rotatable bonds is 11. The molecule has 4 aromatic rings. The van der Waals surface area contributed by atoms with Crippen LogP contribution in [0.1, 0.15) is 27.0 Å². The zero-order valence-corrected chi connectivity index (χ0v) is 26.3. The summed E-state index contributed by atoms with van der Waals surface area (Å²) in [5, 5.41) is 18.5. The lowest BCUT2D eigenvalue weighted by molar-refractivity contribution is -0.149. The second kappa shape index (κ2) is 11.3. The molecule has 1 saturated heterocycles. The number of hydrogen-bond acceptors (Lipinski definition) is 12. The first-order valence-electron chi connectivity index (χ1n) is 14.1. The minimum Gasteiger partial charge on any atom is -0.462 e. The largest absolute Gasteiger partial charge is 0.462 e. The van der Waals surface area contributed by atoms with E-state index in [1.54, 1.807) is 45.2 Å². The molecule has 14 nitrogen and oxygen atoms in total. The molecule has 7 atom stereocenters. The third-order valence-corrected chi connectivity index (χ3v) is 9.86. The number of alkyl halides is 2. The fourth-order valence-corrected chi connectivity index (χ4v) is 7.80. The molecule has 3 heterocycles. The van der Waals surface area contributed by atoms with Gasteiger partial charge >= 0.3 is 13.7 Å². The van der Waals surface area contributed by atoms with Crippen molar-refractivity contribution in [1.29, 1.82) is 0 Å². The molecular formula is C28H32ClFN7O7P. The molecule has 1 aliphatic carbocycles. The molecular weight excluding hydrogens is 632 g/mol. The van der Waals surface area contributed by atoms with Gasteiger partial charge in [-0.25, -0.2) is 13.9 Å². The Morgan fingerprint density at radius 2 is 1.98 bits per heavy atom. The number of aromatic nitrogens is 4. The van der Waals surface area contributed by atoms with Crippen molar-refractivity contribution in [2.75, 3.05) is 24.0 Å². The highest BCUT2D eigenvalue weighted by atomic mass is 35.5. The van der Waals surface area contributed by atoms with Gasteiger partial charge in [-0.15, -0.1) is 11.6 Å². The van der Waals surface area contributed by atoms with Crippen LogP contribution in [-0.4, -0.2) is 79.1 Å². The van der Waals surface area contributed by atoms with Crippen LogP contribution in [0.4, 0.5) is 16.2 Å².